The van der Waals surface area contributed by atoms with Gasteiger partial charge in [0.2, 0.25) is 0 Å². The molecule has 0 saturated carbocycles. The third kappa shape index (κ3) is 4.34. The second-order valence-electron chi connectivity index (χ2n) is 7.44. The van der Waals surface area contributed by atoms with E-state index in [9.17, 15) is 4.79 Å². The molecule has 1 aliphatic rings. The van der Waals surface area contributed by atoms with Crippen molar-refractivity contribution >= 4 is 28.6 Å². The minimum absolute atomic E-state index is 0.454. The molecule has 10 nitrogen and oxygen atoms in total. The Morgan fingerprint density at radius 3 is 2.52 bits per heavy atom. The molecule has 2 aromatic heterocycles. The number of aromatic nitrogens is 4. The van der Waals surface area contributed by atoms with Gasteiger partial charge in [0.15, 0.2) is 11.5 Å². The molecule has 5 rings (SSSR count). The van der Waals surface area contributed by atoms with E-state index in [0.717, 1.165) is 41.2 Å². The van der Waals surface area contributed by atoms with E-state index in [1.807, 2.05) is 53.3 Å². The molecule has 1 aliphatic heterocycles. The van der Waals surface area contributed by atoms with E-state index < -0.39 is 6.03 Å². The minimum atomic E-state index is -0.454. The topological polar surface area (TPSA) is 106 Å². The number of rotatable bonds is 5. The molecule has 3 heterocycles. The summed E-state index contributed by atoms with van der Waals surface area (Å²) in [6.07, 6.45) is 1.82. The lowest BCUT2D eigenvalue weighted by Gasteiger charge is -2.28. The molecule has 10 heteroatoms. The predicted octanol–water partition coefficient (Wildman–Crippen LogP) is 3.00. The van der Waals surface area contributed by atoms with Crippen LogP contribution in [-0.4, -0.2) is 59.2 Å². The second-order valence-corrected chi connectivity index (χ2v) is 7.44. The lowest BCUT2D eigenvalue weighted by atomic mass is 10.2. The van der Waals surface area contributed by atoms with Gasteiger partial charge in [0.25, 0.3) is 0 Å². The molecule has 0 atom stereocenters. The van der Waals surface area contributed by atoms with Gasteiger partial charge in [0.05, 0.1) is 37.6 Å². The molecule has 33 heavy (non-hydrogen) atoms. The molecule has 2 N–H and O–H groups in total. The van der Waals surface area contributed by atoms with E-state index >= 15 is 0 Å². The number of hydrogen-bond acceptors (Lipinski definition) is 7. The van der Waals surface area contributed by atoms with E-state index in [-0.39, 0.29) is 0 Å². The zero-order valence-electron chi connectivity index (χ0n) is 18.1. The Morgan fingerprint density at radius 1 is 1.03 bits per heavy atom. The van der Waals surface area contributed by atoms with Gasteiger partial charge in [-0.3, -0.25) is 4.84 Å². The molecule has 1 fully saturated rings. The molecule has 0 unspecified atom stereocenters. The quantitative estimate of drug-likeness (QED) is 0.455. The molecule has 2 aromatic carbocycles. The Balaban J connectivity index is 1.57. The van der Waals surface area contributed by atoms with Crippen LogP contribution in [0.5, 0.6) is 0 Å². The number of carbonyl (C=O) groups excluding carboxylic acids is 1. The molecular formula is C23H23N7O3. The normalized spacial score (nSPS) is 13.8. The molecular weight excluding hydrogens is 422 g/mol. The summed E-state index contributed by atoms with van der Waals surface area (Å²) in [5, 5.41) is 8.19. The first kappa shape index (κ1) is 20.9. The Bertz CT molecular complexity index is 1250. The number of nitrogens with zero attached hydrogens (tertiary/aromatic N) is 5. The summed E-state index contributed by atoms with van der Waals surface area (Å²) in [4.78, 5) is 28.3. The van der Waals surface area contributed by atoms with Crippen molar-refractivity contribution < 1.29 is 14.4 Å². The van der Waals surface area contributed by atoms with Crippen LogP contribution in [0.25, 0.3) is 28.1 Å². The SMILES string of the molecule is CONC(=O)Nc1ccc(-c2nc(N3CCOCC3)c3cnn(-c4ccccc4)c3n2)cc1. The number of anilines is 2. The first-order valence-electron chi connectivity index (χ1n) is 10.6. The van der Waals surface area contributed by atoms with E-state index in [4.69, 9.17) is 14.7 Å². The van der Waals surface area contributed by atoms with Crippen LogP contribution in [0.3, 0.4) is 0 Å². The van der Waals surface area contributed by atoms with Gasteiger partial charge in [-0.05, 0) is 36.4 Å². The lowest BCUT2D eigenvalue weighted by Crippen LogP contribution is -2.37. The van der Waals surface area contributed by atoms with E-state index in [1.165, 1.54) is 7.11 Å². The van der Waals surface area contributed by atoms with Crippen LogP contribution in [0.1, 0.15) is 0 Å². The number of hydrogen-bond donors (Lipinski definition) is 2. The number of ether oxygens (including phenoxy) is 1. The fraction of sp³-hybridized carbons (Fsp3) is 0.217. The summed E-state index contributed by atoms with van der Waals surface area (Å²) in [6.45, 7) is 2.80. The number of amides is 2. The summed E-state index contributed by atoms with van der Waals surface area (Å²) >= 11 is 0. The van der Waals surface area contributed by atoms with Crippen molar-refractivity contribution in [3.8, 4) is 17.1 Å². The van der Waals surface area contributed by atoms with Crippen LogP contribution in [0.15, 0.2) is 60.8 Å². The highest BCUT2D eigenvalue weighted by Gasteiger charge is 2.21. The van der Waals surface area contributed by atoms with Crippen LogP contribution in [0, 0.1) is 0 Å². The molecule has 0 spiro atoms. The third-order valence-electron chi connectivity index (χ3n) is 5.32. The lowest BCUT2D eigenvalue weighted by molar-refractivity contribution is 0.114. The molecule has 2 amide bonds. The Labute approximate surface area is 190 Å². The number of para-hydroxylation sites is 1. The van der Waals surface area contributed by atoms with Crippen molar-refractivity contribution in [2.24, 2.45) is 0 Å². The highest BCUT2D eigenvalue weighted by atomic mass is 16.6. The Morgan fingerprint density at radius 2 is 1.79 bits per heavy atom. The maximum Gasteiger partial charge on any atom is 0.343 e. The van der Waals surface area contributed by atoms with Crippen LogP contribution in [-0.2, 0) is 9.57 Å². The summed E-state index contributed by atoms with van der Waals surface area (Å²) in [5.74, 6) is 1.41. The molecule has 1 saturated heterocycles. The Kier molecular flexibility index (Phi) is 5.83. The number of fused-ring (bicyclic) bond motifs is 1. The standard InChI is InChI=1S/C23H23N7O3/c1-32-28-23(31)25-17-9-7-16(8-10-17)20-26-21(29-11-13-33-14-12-29)19-15-24-30(22(19)27-20)18-5-3-2-4-6-18/h2-10,15H,11-14H2,1H3,(H2,25,28,31). The van der Waals surface area contributed by atoms with E-state index in [1.54, 1.807) is 12.1 Å². The van der Waals surface area contributed by atoms with Crippen molar-refractivity contribution in [1.29, 1.82) is 0 Å². The largest absolute Gasteiger partial charge is 0.378 e. The number of benzene rings is 2. The number of carbonyl (C=O) groups is 1. The zero-order chi connectivity index (χ0) is 22.6. The Hall–Kier alpha value is -4.02. The fourth-order valence-electron chi connectivity index (χ4n) is 3.75. The number of hydroxylamine groups is 1. The summed E-state index contributed by atoms with van der Waals surface area (Å²) in [5.41, 5.74) is 5.32. The van der Waals surface area contributed by atoms with Crippen molar-refractivity contribution in [1.82, 2.24) is 25.2 Å². The number of morpholine rings is 1. The fourth-order valence-corrected chi connectivity index (χ4v) is 3.75. The maximum absolute atomic E-state index is 11.7. The van der Waals surface area contributed by atoms with Gasteiger partial charge in [-0.15, -0.1) is 0 Å². The maximum atomic E-state index is 11.7. The van der Waals surface area contributed by atoms with Gasteiger partial charge in [0, 0.05) is 24.3 Å². The average molecular weight is 445 g/mol. The van der Waals surface area contributed by atoms with Crippen molar-refractivity contribution in [3.63, 3.8) is 0 Å². The van der Waals surface area contributed by atoms with E-state index in [0.29, 0.717) is 24.7 Å². The van der Waals surface area contributed by atoms with Gasteiger partial charge in [0.1, 0.15) is 5.82 Å². The second kappa shape index (κ2) is 9.23. The number of urea groups is 1. The van der Waals surface area contributed by atoms with Crippen LogP contribution in [0.4, 0.5) is 16.3 Å². The van der Waals surface area contributed by atoms with Crippen LogP contribution >= 0.6 is 0 Å². The third-order valence-corrected chi connectivity index (χ3v) is 5.32. The summed E-state index contributed by atoms with van der Waals surface area (Å²) < 4.78 is 7.36. The smallest absolute Gasteiger partial charge is 0.343 e. The summed E-state index contributed by atoms with van der Waals surface area (Å²) in [6, 6.07) is 16.8. The van der Waals surface area contributed by atoms with Gasteiger partial charge < -0.3 is 15.0 Å². The van der Waals surface area contributed by atoms with Crippen LogP contribution in [0.2, 0.25) is 0 Å². The van der Waals surface area contributed by atoms with Gasteiger partial charge in [-0.25, -0.2) is 24.9 Å². The average Bonchev–Trinajstić information content (AvgIpc) is 3.29. The molecule has 0 radical (unpaired) electrons. The first-order chi connectivity index (χ1) is 16.2. The van der Waals surface area contributed by atoms with E-state index in [2.05, 4.69) is 25.6 Å². The summed E-state index contributed by atoms with van der Waals surface area (Å²) in [7, 11) is 1.38. The molecule has 4 aromatic rings. The molecule has 0 aliphatic carbocycles. The van der Waals surface area contributed by atoms with Crippen molar-refractivity contribution in [2.75, 3.05) is 43.6 Å². The highest BCUT2D eigenvalue weighted by molar-refractivity contribution is 5.90. The van der Waals surface area contributed by atoms with Gasteiger partial charge in [-0.1, -0.05) is 18.2 Å². The monoisotopic (exact) mass is 445 g/mol. The van der Waals surface area contributed by atoms with Gasteiger partial charge in [-0.2, -0.15) is 5.10 Å². The molecule has 168 valence electrons. The predicted molar refractivity (Wildman–Crippen MR) is 124 cm³/mol. The first-order valence-corrected chi connectivity index (χ1v) is 10.6. The van der Waals surface area contributed by atoms with Gasteiger partial charge >= 0.3 is 6.03 Å². The molecule has 0 bridgehead atoms. The highest BCUT2D eigenvalue weighted by Crippen LogP contribution is 2.30. The van der Waals surface area contributed by atoms with Crippen LogP contribution < -0.4 is 15.7 Å². The zero-order valence-corrected chi connectivity index (χ0v) is 18.1. The van der Waals surface area contributed by atoms with Crippen molar-refractivity contribution in [2.45, 2.75) is 0 Å². The number of nitrogens with one attached hydrogen (secondary N) is 2. The van der Waals surface area contributed by atoms with Crippen molar-refractivity contribution in [3.05, 3.63) is 60.8 Å². The minimum Gasteiger partial charge on any atom is -0.378 e.